The molecule has 0 bridgehead atoms. The SMILES string of the molecule is CCCNc1ncc(F)c(N2CCCC(CO)C2)n1. The van der Waals surface area contributed by atoms with E-state index in [1.165, 1.54) is 6.20 Å². The van der Waals surface area contributed by atoms with Crippen LogP contribution in [0.5, 0.6) is 0 Å². The second-order valence-electron chi connectivity index (χ2n) is 4.93. The van der Waals surface area contributed by atoms with Crippen molar-refractivity contribution in [2.45, 2.75) is 26.2 Å². The van der Waals surface area contributed by atoms with Gasteiger partial charge >= 0.3 is 0 Å². The number of aliphatic hydroxyl groups excluding tert-OH is 1. The summed E-state index contributed by atoms with van der Waals surface area (Å²) in [5, 5.41) is 12.3. The monoisotopic (exact) mass is 268 g/mol. The lowest BCUT2D eigenvalue weighted by Gasteiger charge is -2.32. The Hall–Kier alpha value is -1.43. The van der Waals surface area contributed by atoms with Gasteiger partial charge in [-0.1, -0.05) is 6.92 Å². The van der Waals surface area contributed by atoms with Crippen LogP contribution in [0.2, 0.25) is 0 Å². The van der Waals surface area contributed by atoms with Gasteiger partial charge in [0.2, 0.25) is 5.95 Å². The van der Waals surface area contributed by atoms with Gasteiger partial charge in [-0.15, -0.1) is 0 Å². The largest absolute Gasteiger partial charge is 0.396 e. The van der Waals surface area contributed by atoms with E-state index < -0.39 is 5.82 Å². The second kappa shape index (κ2) is 6.65. The van der Waals surface area contributed by atoms with Gasteiger partial charge in [-0.25, -0.2) is 9.37 Å². The van der Waals surface area contributed by atoms with E-state index >= 15 is 0 Å². The van der Waals surface area contributed by atoms with E-state index in [4.69, 9.17) is 0 Å². The van der Waals surface area contributed by atoms with Crippen LogP contribution < -0.4 is 10.2 Å². The molecule has 0 amide bonds. The van der Waals surface area contributed by atoms with Crippen molar-refractivity contribution in [3.8, 4) is 0 Å². The van der Waals surface area contributed by atoms with Gasteiger partial charge in [0.15, 0.2) is 11.6 Å². The minimum atomic E-state index is -0.402. The molecule has 0 aliphatic carbocycles. The lowest BCUT2D eigenvalue weighted by atomic mass is 9.99. The van der Waals surface area contributed by atoms with Gasteiger partial charge in [-0.05, 0) is 25.2 Å². The van der Waals surface area contributed by atoms with Crippen molar-refractivity contribution in [3.05, 3.63) is 12.0 Å². The number of halogens is 1. The Morgan fingerprint density at radius 1 is 1.58 bits per heavy atom. The summed E-state index contributed by atoms with van der Waals surface area (Å²) in [5.41, 5.74) is 0. The third-order valence-corrected chi connectivity index (χ3v) is 3.34. The van der Waals surface area contributed by atoms with E-state index in [0.717, 1.165) is 32.4 Å². The average Bonchev–Trinajstić information content (AvgIpc) is 2.46. The summed E-state index contributed by atoms with van der Waals surface area (Å²) in [6.07, 6.45) is 4.11. The zero-order chi connectivity index (χ0) is 13.7. The molecule has 2 N–H and O–H groups in total. The van der Waals surface area contributed by atoms with Crippen molar-refractivity contribution in [1.82, 2.24) is 9.97 Å². The molecule has 0 spiro atoms. The van der Waals surface area contributed by atoms with Gasteiger partial charge in [-0.3, -0.25) is 0 Å². The van der Waals surface area contributed by atoms with Gasteiger partial charge in [0.1, 0.15) is 0 Å². The normalized spacial score (nSPS) is 19.5. The lowest BCUT2D eigenvalue weighted by Crippen LogP contribution is -2.38. The minimum Gasteiger partial charge on any atom is -0.396 e. The Kier molecular flexibility index (Phi) is 4.90. The van der Waals surface area contributed by atoms with Gasteiger partial charge in [-0.2, -0.15) is 4.98 Å². The zero-order valence-electron chi connectivity index (χ0n) is 11.3. The molecule has 0 aromatic carbocycles. The summed E-state index contributed by atoms with van der Waals surface area (Å²) in [6, 6.07) is 0. The molecule has 6 heteroatoms. The van der Waals surface area contributed by atoms with E-state index in [0.29, 0.717) is 18.3 Å². The average molecular weight is 268 g/mol. The molecule has 0 saturated carbocycles. The van der Waals surface area contributed by atoms with Crippen molar-refractivity contribution < 1.29 is 9.50 Å². The highest BCUT2D eigenvalue weighted by Gasteiger charge is 2.23. The fraction of sp³-hybridized carbons (Fsp3) is 0.692. The summed E-state index contributed by atoms with van der Waals surface area (Å²) in [7, 11) is 0. The number of aliphatic hydroxyl groups is 1. The molecule has 106 valence electrons. The summed E-state index contributed by atoms with van der Waals surface area (Å²) < 4.78 is 13.9. The molecule has 2 rings (SSSR count). The molecular formula is C13H21FN4O. The number of hydrogen-bond donors (Lipinski definition) is 2. The van der Waals surface area contributed by atoms with Crippen LogP contribution in [-0.4, -0.2) is 41.3 Å². The Morgan fingerprint density at radius 3 is 3.16 bits per heavy atom. The number of aromatic nitrogens is 2. The second-order valence-corrected chi connectivity index (χ2v) is 4.93. The summed E-state index contributed by atoms with van der Waals surface area (Å²) >= 11 is 0. The molecule has 5 nitrogen and oxygen atoms in total. The van der Waals surface area contributed by atoms with Crippen LogP contribution in [0.25, 0.3) is 0 Å². The first kappa shape index (κ1) is 14.0. The van der Waals surface area contributed by atoms with E-state index in [1.807, 2.05) is 11.8 Å². The molecule has 1 fully saturated rings. The molecule has 2 heterocycles. The van der Waals surface area contributed by atoms with E-state index in [-0.39, 0.29) is 12.5 Å². The van der Waals surface area contributed by atoms with Crippen molar-refractivity contribution in [1.29, 1.82) is 0 Å². The molecule has 1 aromatic rings. The number of nitrogens with zero attached hydrogens (tertiary/aromatic N) is 3. The van der Waals surface area contributed by atoms with Gasteiger partial charge in [0, 0.05) is 26.2 Å². The first-order chi connectivity index (χ1) is 9.24. The number of anilines is 2. The van der Waals surface area contributed by atoms with Crippen molar-refractivity contribution >= 4 is 11.8 Å². The smallest absolute Gasteiger partial charge is 0.224 e. The highest BCUT2D eigenvalue weighted by molar-refractivity contribution is 5.44. The maximum Gasteiger partial charge on any atom is 0.224 e. The molecule has 1 aliphatic rings. The maximum absolute atomic E-state index is 13.9. The molecule has 1 aliphatic heterocycles. The van der Waals surface area contributed by atoms with Crippen molar-refractivity contribution in [2.75, 3.05) is 36.5 Å². The third kappa shape index (κ3) is 3.53. The summed E-state index contributed by atoms with van der Waals surface area (Å²) in [6.45, 7) is 4.39. The number of hydrogen-bond acceptors (Lipinski definition) is 5. The molecule has 1 atom stereocenters. The molecule has 1 unspecified atom stereocenters. The fourth-order valence-corrected chi connectivity index (χ4v) is 2.31. The van der Waals surface area contributed by atoms with Crippen LogP contribution in [0.1, 0.15) is 26.2 Å². The van der Waals surface area contributed by atoms with Gasteiger partial charge < -0.3 is 15.3 Å². The Bertz CT molecular complexity index is 416. The molecule has 1 aromatic heterocycles. The molecular weight excluding hydrogens is 247 g/mol. The highest BCUT2D eigenvalue weighted by Crippen LogP contribution is 2.24. The van der Waals surface area contributed by atoms with Crippen LogP contribution >= 0.6 is 0 Å². The number of nitrogens with one attached hydrogen (secondary N) is 1. The van der Waals surface area contributed by atoms with Gasteiger partial charge in [0.05, 0.1) is 6.20 Å². The lowest BCUT2D eigenvalue weighted by molar-refractivity contribution is 0.208. The number of piperidine rings is 1. The van der Waals surface area contributed by atoms with Crippen molar-refractivity contribution in [3.63, 3.8) is 0 Å². The molecule has 0 radical (unpaired) electrons. The summed E-state index contributed by atoms with van der Waals surface area (Å²) in [4.78, 5) is 10.1. The first-order valence-corrected chi connectivity index (χ1v) is 6.86. The Balaban J connectivity index is 2.13. The van der Waals surface area contributed by atoms with Crippen LogP contribution in [0.15, 0.2) is 6.20 Å². The van der Waals surface area contributed by atoms with E-state index in [2.05, 4.69) is 15.3 Å². The first-order valence-electron chi connectivity index (χ1n) is 6.86. The van der Waals surface area contributed by atoms with Gasteiger partial charge in [0.25, 0.3) is 0 Å². The maximum atomic E-state index is 13.9. The standard InChI is InChI=1S/C13H21FN4O/c1-2-5-15-13-16-7-11(14)12(17-13)18-6-3-4-10(8-18)9-19/h7,10,19H,2-6,8-9H2,1H3,(H,15,16,17). The van der Waals surface area contributed by atoms with Crippen LogP contribution in [0.3, 0.4) is 0 Å². The zero-order valence-corrected chi connectivity index (χ0v) is 11.3. The fourth-order valence-electron chi connectivity index (χ4n) is 2.31. The quantitative estimate of drug-likeness (QED) is 0.850. The minimum absolute atomic E-state index is 0.143. The molecule has 19 heavy (non-hydrogen) atoms. The van der Waals surface area contributed by atoms with Crippen molar-refractivity contribution in [2.24, 2.45) is 5.92 Å². The van der Waals surface area contributed by atoms with E-state index in [1.54, 1.807) is 0 Å². The van der Waals surface area contributed by atoms with Crippen LogP contribution in [0.4, 0.5) is 16.2 Å². The topological polar surface area (TPSA) is 61.3 Å². The Morgan fingerprint density at radius 2 is 2.42 bits per heavy atom. The third-order valence-electron chi connectivity index (χ3n) is 3.34. The van der Waals surface area contributed by atoms with Crippen LogP contribution in [0, 0.1) is 11.7 Å². The predicted octanol–water partition coefficient (Wildman–Crippen LogP) is 1.65. The molecule has 1 saturated heterocycles. The number of rotatable bonds is 5. The Labute approximate surface area is 112 Å². The van der Waals surface area contributed by atoms with Crippen LogP contribution in [-0.2, 0) is 0 Å². The van der Waals surface area contributed by atoms with E-state index in [9.17, 15) is 9.50 Å². The highest BCUT2D eigenvalue weighted by atomic mass is 19.1. The predicted molar refractivity (Wildman–Crippen MR) is 72.8 cm³/mol. The summed E-state index contributed by atoms with van der Waals surface area (Å²) in [5.74, 6) is 0.604.